The van der Waals surface area contributed by atoms with E-state index in [1.54, 1.807) is 12.1 Å². The Bertz CT molecular complexity index is 727. The molecule has 2 aliphatic rings. The van der Waals surface area contributed by atoms with E-state index in [1.807, 2.05) is 36.4 Å². The number of anilines is 1. The molecule has 0 saturated heterocycles. The van der Waals surface area contributed by atoms with Crippen molar-refractivity contribution in [2.24, 2.45) is 0 Å². The van der Waals surface area contributed by atoms with Gasteiger partial charge in [0.25, 0.3) is 0 Å². The molecule has 4 heteroatoms. The van der Waals surface area contributed by atoms with Crippen LogP contribution in [0.5, 0.6) is 5.75 Å². The van der Waals surface area contributed by atoms with Crippen LogP contribution in [0.15, 0.2) is 48.5 Å². The lowest BCUT2D eigenvalue weighted by Gasteiger charge is -2.10. The number of carboxylic acid groups (broad SMARTS) is 1. The second-order valence-corrected chi connectivity index (χ2v) is 5.78. The van der Waals surface area contributed by atoms with Gasteiger partial charge in [-0.15, -0.1) is 0 Å². The van der Waals surface area contributed by atoms with Crippen LogP contribution in [-0.4, -0.2) is 24.2 Å². The minimum atomic E-state index is -0.850. The summed E-state index contributed by atoms with van der Waals surface area (Å²) in [7, 11) is 0. The summed E-state index contributed by atoms with van der Waals surface area (Å²) in [6.45, 7) is 1.83. The number of aryl methyl sites for hydroxylation is 1. The third-order valence-corrected chi connectivity index (χ3v) is 4.05. The van der Waals surface area contributed by atoms with Crippen molar-refractivity contribution in [3.8, 4) is 5.75 Å². The molecule has 0 aromatic heterocycles. The quantitative estimate of drug-likeness (QED) is 0.825. The van der Waals surface area contributed by atoms with Crippen molar-refractivity contribution in [3.05, 3.63) is 65.2 Å². The van der Waals surface area contributed by atoms with Crippen LogP contribution < -0.4 is 10.1 Å². The maximum atomic E-state index is 10.7. The summed E-state index contributed by atoms with van der Waals surface area (Å²) in [5.74, 6) is 0.127. The zero-order valence-corrected chi connectivity index (χ0v) is 13.5. The molecule has 1 heterocycles. The largest absolute Gasteiger partial charge is 0.491 e. The third-order valence-electron chi connectivity index (χ3n) is 4.05. The van der Waals surface area contributed by atoms with Gasteiger partial charge in [0.05, 0.1) is 17.9 Å². The first kappa shape index (κ1) is 16.1. The summed E-state index contributed by atoms with van der Waals surface area (Å²) >= 11 is 0. The van der Waals surface area contributed by atoms with Crippen molar-refractivity contribution in [2.45, 2.75) is 19.3 Å². The van der Waals surface area contributed by atoms with Crippen molar-refractivity contribution in [2.75, 3.05) is 18.5 Å². The Kier molecular flexibility index (Phi) is 5.16. The van der Waals surface area contributed by atoms with E-state index in [-0.39, 0.29) is 0 Å². The first-order valence-electron chi connectivity index (χ1n) is 8.22. The van der Waals surface area contributed by atoms with E-state index in [1.165, 1.54) is 0 Å². The van der Waals surface area contributed by atoms with Crippen LogP contribution in [0.4, 0.5) is 5.69 Å². The standard InChI is InChI=1S/C11H10O2.C9H11NO/c12-11(13)10-6-5-8-3-1-2-4-9(8)7-10;1-2-5-9-8(4-1)10-6-3-7-11-9/h1,3,5-7H,2,4H2,(H,12,13);1-2,4-5,10H,3,6-7H2. The highest BCUT2D eigenvalue weighted by molar-refractivity contribution is 5.88. The van der Waals surface area contributed by atoms with Crippen molar-refractivity contribution in [1.82, 2.24) is 0 Å². The molecule has 124 valence electrons. The number of hydrogen-bond donors (Lipinski definition) is 2. The molecular formula is C20H21NO3. The van der Waals surface area contributed by atoms with Crippen LogP contribution in [0.2, 0.25) is 0 Å². The van der Waals surface area contributed by atoms with E-state index >= 15 is 0 Å². The van der Waals surface area contributed by atoms with Crippen molar-refractivity contribution < 1.29 is 14.6 Å². The molecule has 2 aromatic carbocycles. The zero-order chi connectivity index (χ0) is 16.8. The lowest BCUT2D eigenvalue weighted by molar-refractivity contribution is 0.0696. The number of carboxylic acids is 1. The van der Waals surface area contributed by atoms with Gasteiger partial charge in [0.1, 0.15) is 5.75 Å². The normalized spacial score (nSPS) is 14.7. The predicted octanol–water partition coefficient (Wildman–Crippen LogP) is 4.23. The molecule has 0 bridgehead atoms. The third kappa shape index (κ3) is 3.96. The Balaban J connectivity index is 0.000000143. The first-order chi connectivity index (χ1) is 11.7. The molecule has 0 saturated carbocycles. The second-order valence-electron chi connectivity index (χ2n) is 5.78. The summed E-state index contributed by atoms with van der Waals surface area (Å²) in [5, 5.41) is 12.1. The fourth-order valence-electron chi connectivity index (χ4n) is 2.78. The van der Waals surface area contributed by atoms with E-state index in [9.17, 15) is 4.79 Å². The number of aromatic carboxylic acids is 1. The van der Waals surface area contributed by atoms with Gasteiger partial charge in [0.15, 0.2) is 0 Å². The number of hydrogen-bond acceptors (Lipinski definition) is 3. The van der Waals surface area contributed by atoms with Gasteiger partial charge in [-0.1, -0.05) is 30.4 Å². The Morgan fingerprint density at radius 1 is 1.17 bits per heavy atom. The van der Waals surface area contributed by atoms with Crippen LogP contribution in [0, 0.1) is 0 Å². The molecular weight excluding hydrogens is 302 g/mol. The van der Waals surface area contributed by atoms with Crippen molar-refractivity contribution >= 4 is 17.7 Å². The maximum absolute atomic E-state index is 10.7. The second kappa shape index (κ2) is 7.68. The summed E-state index contributed by atoms with van der Waals surface area (Å²) in [6, 6.07) is 13.3. The fraction of sp³-hybridized carbons (Fsp3) is 0.250. The Morgan fingerprint density at radius 3 is 2.92 bits per heavy atom. The minimum Gasteiger partial charge on any atom is -0.491 e. The highest BCUT2D eigenvalue weighted by Gasteiger charge is 2.08. The van der Waals surface area contributed by atoms with E-state index in [2.05, 4.69) is 11.4 Å². The molecule has 24 heavy (non-hydrogen) atoms. The van der Waals surface area contributed by atoms with Crippen molar-refractivity contribution in [1.29, 1.82) is 0 Å². The molecule has 0 fully saturated rings. The van der Waals surface area contributed by atoms with Gasteiger partial charge in [-0.3, -0.25) is 0 Å². The molecule has 0 atom stereocenters. The topological polar surface area (TPSA) is 58.6 Å². The summed E-state index contributed by atoms with van der Waals surface area (Å²) in [4.78, 5) is 10.7. The number of para-hydroxylation sites is 2. The van der Waals surface area contributed by atoms with E-state index in [0.29, 0.717) is 5.56 Å². The molecule has 2 aromatic rings. The summed E-state index contributed by atoms with van der Waals surface area (Å²) in [5.41, 5.74) is 3.79. The van der Waals surface area contributed by atoms with Crippen LogP contribution in [0.1, 0.15) is 34.3 Å². The number of benzene rings is 2. The molecule has 1 aliphatic carbocycles. The summed E-state index contributed by atoms with van der Waals surface area (Å²) < 4.78 is 5.49. The lowest BCUT2D eigenvalue weighted by atomic mass is 9.95. The molecule has 0 radical (unpaired) electrons. The van der Waals surface area contributed by atoms with Gasteiger partial charge in [-0.2, -0.15) is 0 Å². The Morgan fingerprint density at radius 2 is 2.04 bits per heavy atom. The molecule has 1 aliphatic heterocycles. The highest BCUT2D eigenvalue weighted by atomic mass is 16.5. The minimum absolute atomic E-state index is 0.383. The lowest BCUT2D eigenvalue weighted by Crippen LogP contribution is -2.00. The molecule has 4 nitrogen and oxygen atoms in total. The maximum Gasteiger partial charge on any atom is 0.335 e. The smallest absolute Gasteiger partial charge is 0.335 e. The number of ether oxygens (including phenoxy) is 1. The zero-order valence-electron chi connectivity index (χ0n) is 13.5. The van der Waals surface area contributed by atoms with Crippen LogP contribution in [0.25, 0.3) is 6.08 Å². The average Bonchev–Trinajstić information content (AvgIpc) is 2.87. The first-order valence-corrected chi connectivity index (χ1v) is 8.22. The molecule has 4 rings (SSSR count). The highest BCUT2D eigenvalue weighted by Crippen LogP contribution is 2.25. The number of allylic oxidation sites excluding steroid dienone is 1. The SMILES string of the molecule is O=C(O)c1ccc2c(c1)CCC=C2.c1ccc2c(c1)NCCCO2. The van der Waals surface area contributed by atoms with Gasteiger partial charge in [-0.05, 0) is 54.7 Å². The van der Waals surface area contributed by atoms with Gasteiger partial charge in [0, 0.05) is 6.54 Å². The number of carbonyl (C=O) groups is 1. The molecule has 2 N–H and O–H groups in total. The fourth-order valence-corrected chi connectivity index (χ4v) is 2.78. The van der Waals surface area contributed by atoms with Crippen molar-refractivity contribution in [3.63, 3.8) is 0 Å². The number of nitrogens with one attached hydrogen (secondary N) is 1. The van der Waals surface area contributed by atoms with E-state index in [0.717, 1.165) is 55.0 Å². The summed E-state index contributed by atoms with van der Waals surface area (Å²) in [6.07, 6.45) is 7.20. The van der Waals surface area contributed by atoms with E-state index in [4.69, 9.17) is 9.84 Å². The Labute approximate surface area is 141 Å². The average molecular weight is 323 g/mol. The predicted molar refractivity (Wildman–Crippen MR) is 95.8 cm³/mol. The van der Waals surface area contributed by atoms with Gasteiger partial charge >= 0.3 is 5.97 Å². The number of fused-ring (bicyclic) bond motifs is 2. The van der Waals surface area contributed by atoms with Gasteiger partial charge < -0.3 is 15.2 Å². The van der Waals surface area contributed by atoms with Crippen LogP contribution in [-0.2, 0) is 6.42 Å². The van der Waals surface area contributed by atoms with Crippen LogP contribution >= 0.6 is 0 Å². The number of rotatable bonds is 1. The monoisotopic (exact) mass is 323 g/mol. The van der Waals surface area contributed by atoms with Crippen LogP contribution in [0.3, 0.4) is 0 Å². The molecule has 0 spiro atoms. The van der Waals surface area contributed by atoms with Gasteiger partial charge in [0.2, 0.25) is 0 Å². The van der Waals surface area contributed by atoms with Gasteiger partial charge in [-0.25, -0.2) is 4.79 Å². The Hall–Kier alpha value is -2.75. The molecule has 0 amide bonds. The molecule has 0 unspecified atom stereocenters. The van der Waals surface area contributed by atoms with E-state index < -0.39 is 5.97 Å².